The van der Waals surface area contributed by atoms with E-state index in [1.807, 2.05) is 38.4 Å². The van der Waals surface area contributed by atoms with E-state index in [1.54, 1.807) is 0 Å². The zero-order valence-electron chi connectivity index (χ0n) is 16.8. The molecule has 1 aliphatic rings. The number of halogens is 1. The van der Waals surface area contributed by atoms with E-state index in [2.05, 4.69) is 33.4 Å². The predicted molar refractivity (Wildman–Crippen MR) is 128 cm³/mol. The fourth-order valence-corrected chi connectivity index (χ4v) is 3.36. The van der Waals surface area contributed by atoms with Crippen molar-refractivity contribution in [3.63, 3.8) is 0 Å². The summed E-state index contributed by atoms with van der Waals surface area (Å²) >= 11 is 0. The van der Waals surface area contributed by atoms with Gasteiger partial charge in [0.25, 0.3) is 0 Å². The molecule has 3 rings (SSSR count). The first-order chi connectivity index (χ1) is 13.1. The first kappa shape index (κ1) is 22.5. The van der Waals surface area contributed by atoms with Crippen molar-refractivity contribution in [2.75, 3.05) is 32.6 Å². The molecule has 6 heteroatoms. The summed E-state index contributed by atoms with van der Waals surface area (Å²) in [6, 6.07) is 14.4. The number of hydrogen-bond acceptors (Lipinski definition) is 3. The number of ether oxygens (including phenoxy) is 1. The van der Waals surface area contributed by atoms with Crippen molar-refractivity contribution in [2.24, 2.45) is 10.7 Å². The number of rotatable bonds is 7. The lowest BCUT2D eigenvalue weighted by Crippen LogP contribution is -2.24. The minimum atomic E-state index is 0. The van der Waals surface area contributed by atoms with Gasteiger partial charge >= 0.3 is 0 Å². The predicted octanol–water partition coefficient (Wildman–Crippen LogP) is 4.05. The third kappa shape index (κ3) is 6.38. The van der Waals surface area contributed by atoms with Crippen molar-refractivity contribution < 1.29 is 4.74 Å². The molecule has 0 amide bonds. The van der Waals surface area contributed by atoms with Crippen molar-refractivity contribution in [2.45, 2.75) is 32.2 Å². The molecular weight excluding hydrogens is 463 g/mol. The second-order valence-electron chi connectivity index (χ2n) is 7.24. The van der Waals surface area contributed by atoms with Crippen molar-refractivity contribution in [3.05, 3.63) is 59.2 Å². The number of hydrogen-bond donors (Lipinski definition) is 2. The molecule has 0 heterocycles. The Kier molecular flexibility index (Phi) is 9.05. The standard InChI is InChI=1S/C22H30N4O.HI/c1-26(2)14-15-27-21-13-6-4-9-18(21)16-24-22(23)25-20-12-7-10-17-8-3-5-11-19(17)20;/h4,6-7,9-10,12-13H,3,5,8,11,14-16H2,1-2H3,(H3,23,24,25);1H. The fourth-order valence-electron chi connectivity index (χ4n) is 3.36. The highest BCUT2D eigenvalue weighted by Crippen LogP contribution is 2.27. The van der Waals surface area contributed by atoms with Crippen molar-refractivity contribution in [1.82, 2.24) is 4.90 Å². The Labute approximate surface area is 185 Å². The van der Waals surface area contributed by atoms with Crippen LogP contribution in [0.1, 0.15) is 29.5 Å². The van der Waals surface area contributed by atoms with Gasteiger partial charge in [-0.25, -0.2) is 4.99 Å². The minimum absolute atomic E-state index is 0. The van der Waals surface area contributed by atoms with Crippen LogP contribution in [0, 0.1) is 0 Å². The Bertz CT molecular complexity index is 792. The maximum Gasteiger partial charge on any atom is 0.193 e. The molecule has 0 aliphatic heterocycles. The van der Waals surface area contributed by atoms with E-state index in [1.165, 1.54) is 24.0 Å². The van der Waals surface area contributed by atoms with Crippen LogP contribution in [0.3, 0.4) is 0 Å². The normalized spacial score (nSPS) is 13.6. The number of benzene rings is 2. The maximum atomic E-state index is 6.17. The number of guanidine groups is 1. The fraction of sp³-hybridized carbons (Fsp3) is 0.409. The highest BCUT2D eigenvalue weighted by molar-refractivity contribution is 14.0. The number of para-hydroxylation sites is 1. The van der Waals surface area contributed by atoms with Gasteiger partial charge in [-0.05, 0) is 63.0 Å². The van der Waals surface area contributed by atoms with Crippen LogP contribution in [0.5, 0.6) is 5.75 Å². The third-order valence-electron chi connectivity index (χ3n) is 4.85. The summed E-state index contributed by atoms with van der Waals surface area (Å²) in [5.74, 6) is 1.31. The Morgan fingerprint density at radius 1 is 1.11 bits per heavy atom. The number of aliphatic imine (C=N–C) groups is 1. The number of nitrogens with two attached hydrogens (primary N) is 1. The van der Waals surface area contributed by atoms with Crippen molar-refractivity contribution in [1.29, 1.82) is 0 Å². The van der Waals surface area contributed by atoms with Crippen LogP contribution in [-0.4, -0.2) is 38.1 Å². The molecule has 0 fully saturated rings. The minimum Gasteiger partial charge on any atom is -0.492 e. The van der Waals surface area contributed by atoms with Crippen LogP contribution in [-0.2, 0) is 19.4 Å². The molecule has 2 aromatic rings. The van der Waals surface area contributed by atoms with Gasteiger partial charge in [-0.1, -0.05) is 30.3 Å². The molecule has 2 aromatic carbocycles. The summed E-state index contributed by atoms with van der Waals surface area (Å²) in [6.45, 7) is 2.02. The lowest BCUT2D eigenvalue weighted by atomic mass is 9.90. The molecule has 0 unspecified atom stereocenters. The quantitative estimate of drug-likeness (QED) is 0.347. The van der Waals surface area contributed by atoms with E-state index < -0.39 is 0 Å². The van der Waals surface area contributed by atoms with Gasteiger partial charge in [0.05, 0.1) is 6.54 Å². The third-order valence-corrected chi connectivity index (χ3v) is 4.85. The summed E-state index contributed by atoms with van der Waals surface area (Å²) in [7, 11) is 4.07. The smallest absolute Gasteiger partial charge is 0.193 e. The molecule has 152 valence electrons. The summed E-state index contributed by atoms with van der Waals surface area (Å²) in [5.41, 5.74) is 11.1. The van der Waals surface area contributed by atoms with Gasteiger partial charge in [-0.2, -0.15) is 0 Å². The van der Waals surface area contributed by atoms with Crippen LogP contribution in [0.2, 0.25) is 0 Å². The molecule has 1 aliphatic carbocycles. The molecular formula is C22H31IN4O. The van der Waals surface area contributed by atoms with Crippen molar-refractivity contribution in [3.8, 4) is 5.75 Å². The van der Waals surface area contributed by atoms with Gasteiger partial charge in [-0.3, -0.25) is 0 Å². The summed E-state index contributed by atoms with van der Waals surface area (Å²) in [6.07, 6.45) is 4.76. The van der Waals surface area contributed by atoms with E-state index in [-0.39, 0.29) is 24.0 Å². The first-order valence-corrected chi connectivity index (χ1v) is 9.66. The number of nitrogens with zero attached hydrogens (tertiary/aromatic N) is 2. The molecule has 28 heavy (non-hydrogen) atoms. The van der Waals surface area contributed by atoms with Gasteiger partial charge in [-0.15, -0.1) is 24.0 Å². The number of anilines is 1. The van der Waals surface area contributed by atoms with Gasteiger partial charge < -0.3 is 20.7 Å². The van der Waals surface area contributed by atoms with Crippen LogP contribution >= 0.6 is 24.0 Å². The Morgan fingerprint density at radius 2 is 1.89 bits per heavy atom. The van der Waals surface area contributed by atoms with Crippen LogP contribution in [0.25, 0.3) is 0 Å². The highest BCUT2D eigenvalue weighted by atomic mass is 127. The maximum absolute atomic E-state index is 6.17. The van der Waals surface area contributed by atoms with Gasteiger partial charge in [0.2, 0.25) is 0 Å². The number of aryl methyl sites for hydroxylation is 1. The first-order valence-electron chi connectivity index (χ1n) is 9.66. The van der Waals surface area contributed by atoms with Crippen LogP contribution in [0.15, 0.2) is 47.5 Å². The largest absolute Gasteiger partial charge is 0.492 e. The zero-order chi connectivity index (χ0) is 19.1. The van der Waals surface area contributed by atoms with Gasteiger partial charge in [0.1, 0.15) is 12.4 Å². The monoisotopic (exact) mass is 494 g/mol. The van der Waals surface area contributed by atoms with Crippen LogP contribution in [0.4, 0.5) is 5.69 Å². The molecule has 0 bridgehead atoms. The molecule has 0 saturated heterocycles. The van der Waals surface area contributed by atoms with Gasteiger partial charge in [0, 0.05) is 17.8 Å². The average Bonchev–Trinajstić information content (AvgIpc) is 2.67. The highest BCUT2D eigenvalue weighted by Gasteiger charge is 2.13. The van der Waals surface area contributed by atoms with E-state index >= 15 is 0 Å². The Morgan fingerprint density at radius 3 is 2.71 bits per heavy atom. The summed E-state index contributed by atoms with van der Waals surface area (Å²) in [4.78, 5) is 6.64. The summed E-state index contributed by atoms with van der Waals surface area (Å²) in [5, 5.41) is 3.30. The molecule has 3 N–H and O–H groups in total. The topological polar surface area (TPSA) is 62.9 Å². The lowest BCUT2D eigenvalue weighted by molar-refractivity contribution is 0.259. The second-order valence-corrected chi connectivity index (χ2v) is 7.24. The van der Waals surface area contributed by atoms with Gasteiger partial charge in [0.15, 0.2) is 5.96 Å². The Hall–Kier alpha value is -1.80. The number of nitrogens with one attached hydrogen (secondary N) is 1. The van der Waals surface area contributed by atoms with E-state index in [0.29, 0.717) is 19.1 Å². The molecule has 5 nitrogen and oxygen atoms in total. The molecule has 0 spiro atoms. The molecule has 0 atom stereocenters. The van der Waals surface area contributed by atoms with Crippen molar-refractivity contribution >= 4 is 35.6 Å². The summed E-state index contributed by atoms with van der Waals surface area (Å²) < 4.78 is 5.90. The zero-order valence-corrected chi connectivity index (χ0v) is 19.1. The lowest BCUT2D eigenvalue weighted by Gasteiger charge is -2.20. The molecule has 0 aromatic heterocycles. The second kappa shape index (κ2) is 11.3. The number of likely N-dealkylation sites (N-methyl/N-ethyl adjacent to an activating group) is 1. The van der Waals surface area contributed by atoms with E-state index in [0.717, 1.165) is 36.4 Å². The van der Waals surface area contributed by atoms with Crippen LogP contribution < -0.4 is 15.8 Å². The van der Waals surface area contributed by atoms with E-state index in [9.17, 15) is 0 Å². The SMILES string of the molecule is CN(C)CCOc1ccccc1CN=C(N)Nc1cccc2c1CCCC2.I. The number of fused-ring (bicyclic) bond motifs is 1. The molecule has 0 saturated carbocycles. The average molecular weight is 494 g/mol. The Balaban J connectivity index is 0.00000280. The van der Waals surface area contributed by atoms with E-state index in [4.69, 9.17) is 10.5 Å². The molecule has 0 radical (unpaired) electrons.